The molecule has 2 bridgehead atoms. The molecule has 2 saturated heterocycles. The highest BCUT2D eigenvalue weighted by Gasteiger charge is 2.42. The van der Waals surface area contributed by atoms with Crippen LogP contribution in [0, 0.1) is 0 Å². The normalized spacial score (nSPS) is 25.8. The van der Waals surface area contributed by atoms with E-state index in [1.165, 1.54) is 17.4 Å². The largest absolute Gasteiger partial charge is 0.462 e. The fourth-order valence-corrected chi connectivity index (χ4v) is 10.3. The van der Waals surface area contributed by atoms with Gasteiger partial charge in [0.1, 0.15) is 12.2 Å². The topological polar surface area (TPSA) is 199 Å². The van der Waals surface area contributed by atoms with Crippen LogP contribution < -0.4 is 26.6 Å². The number of thiazole rings is 1. The molecule has 3 aliphatic heterocycles. The number of nitrogens with one attached hydrogen (secondary N) is 5. The minimum atomic E-state index is -0.544. The van der Waals surface area contributed by atoms with Gasteiger partial charge in [0.2, 0.25) is 11.8 Å². The highest BCUT2D eigenvalue weighted by atomic mass is 32.2. The number of carbonyl (C=O) groups excluding carboxylic acids is 5. The molecule has 5 N–H and O–H groups in total. The van der Waals surface area contributed by atoms with E-state index in [0.717, 1.165) is 59.0 Å². The van der Waals surface area contributed by atoms with Crippen molar-refractivity contribution in [3.8, 4) is 0 Å². The summed E-state index contributed by atoms with van der Waals surface area (Å²) in [6, 6.07) is -0.0349. The molecule has 0 saturated carbocycles. The van der Waals surface area contributed by atoms with Gasteiger partial charge in [0, 0.05) is 73.3 Å². The van der Waals surface area contributed by atoms with E-state index in [9.17, 15) is 24.0 Å². The van der Waals surface area contributed by atoms with Crippen molar-refractivity contribution in [2.24, 2.45) is 0 Å². The Hall–Kier alpha value is -4.33. The first-order valence-corrected chi connectivity index (χ1v) is 25.5. The lowest BCUT2D eigenvalue weighted by molar-refractivity contribution is -0.149. The lowest BCUT2D eigenvalue weighted by atomic mass is 9.97. The number of unbranched alkanes of at least 4 members (excludes halogenated alkanes) is 1. The molecule has 3 aliphatic rings. The number of likely N-dealkylation sites (N-methyl/N-ethyl adjacent to an activating group) is 1. The number of hydrogen-bond donors (Lipinski definition) is 5. The van der Waals surface area contributed by atoms with Crippen molar-refractivity contribution in [1.29, 1.82) is 0 Å². The molecule has 4 amide bonds. The van der Waals surface area contributed by atoms with Gasteiger partial charge in [-0.05, 0) is 67.1 Å². The number of fused-ring (bicyclic) bond motifs is 3. The Balaban J connectivity index is 1.18. The van der Waals surface area contributed by atoms with E-state index in [-0.39, 0.29) is 60.8 Å². The van der Waals surface area contributed by atoms with Crippen molar-refractivity contribution in [1.82, 2.24) is 36.5 Å². The van der Waals surface area contributed by atoms with Gasteiger partial charge in [0.15, 0.2) is 0 Å². The number of aromatic nitrogens is 1. The molecule has 3 unspecified atom stereocenters. The van der Waals surface area contributed by atoms with Crippen molar-refractivity contribution in [2.75, 3.05) is 72.5 Å². The molecule has 0 aromatic carbocycles. The molecule has 0 radical (unpaired) electrons. The molecule has 0 spiro atoms. The predicted octanol–water partition coefficient (Wildman–Crippen LogP) is 5.28. The number of thioether (sulfide) groups is 1. The van der Waals surface area contributed by atoms with Crippen LogP contribution >= 0.6 is 23.1 Å². The van der Waals surface area contributed by atoms with Crippen molar-refractivity contribution in [3.05, 3.63) is 75.3 Å². The first-order valence-electron chi connectivity index (χ1n) is 23.6. The van der Waals surface area contributed by atoms with Crippen LogP contribution in [-0.2, 0) is 44.5 Å². The third-order valence-corrected chi connectivity index (χ3v) is 13.7. The van der Waals surface area contributed by atoms with Crippen molar-refractivity contribution in [3.63, 3.8) is 0 Å². The summed E-state index contributed by atoms with van der Waals surface area (Å²) in [5.74, 6) is -0.182. The van der Waals surface area contributed by atoms with Gasteiger partial charge in [-0.25, -0.2) is 14.6 Å². The number of allylic oxidation sites excluding steroid dienone is 6. The van der Waals surface area contributed by atoms with Gasteiger partial charge in [-0.2, -0.15) is 11.8 Å². The summed E-state index contributed by atoms with van der Waals surface area (Å²) < 4.78 is 22.9. The van der Waals surface area contributed by atoms with E-state index in [4.69, 9.17) is 23.9 Å². The van der Waals surface area contributed by atoms with E-state index >= 15 is 0 Å². The number of urea groups is 1. The smallest absolute Gasteiger partial charge is 0.331 e. The molecule has 2 fully saturated rings. The molecule has 1 aromatic heterocycles. The predicted molar refractivity (Wildman–Crippen MR) is 265 cm³/mol. The van der Waals surface area contributed by atoms with Gasteiger partial charge in [-0.3, -0.25) is 14.4 Å². The molecule has 4 heterocycles. The monoisotopic (exact) mass is 970 g/mol. The highest BCUT2D eigenvalue weighted by Crippen LogP contribution is 2.33. The molecular weight excluding hydrogens is 895 g/mol. The summed E-state index contributed by atoms with van der Waals surface area (Å²) in [4.78, 5) is 69.9. The van der Waals surface area contributed by atoms with Gasteiger partial charge in [0.25, 0.3) is 0 Å². The number of nitrogens with zero attached hydrogens (tertiary/aromatic N) is 2. The maximum absolute atomic E-state index is 13.2. The van der Waals surface area contributed by atoms with Gasteiger partial charge < -0.3 is 50.4 Å². The summed E-state index contributed by atoms with van der Waals surface area (Å²) in [5, 5.41) is 18.2. The first kappa shape index (κ1) is 55.3. The summed E-state index contributed by atoms with van der Waals surface area (Å²) in [5.41, 5.74) is 3.88. The third kappa shape index (κ3) is 22.6. The fourth-order valence-electron chi connectivity index (χ4n) is 7.77. The molecule has 4 rings (SSSR count). The molecular formula is C49H75N7O9S2. The Morgan fingerprint density at radius 1 is 0.940 bits per heavy atom. The van der Waals surface area contributed by atoms with Crippen LogP contribution in [0.3, 0.4) is 0 Å². The number of hydrogen-bond acceptors (Lipinski definition) is 14. The maximum atomic E-state index is 13.2. The number of rotatable bonds is 22. The standard InChI is InChI=1S/C49H75N7O9S2/c1-33(17-20-56(6)7)15-16-35(3)26-39-29-45-53-40(31-67-45)36(4)27-38(28-47(60)64-37(5)25-34(2)11-10-14-46(59)65-39)52-30-44(58)51-19-22-63-24-23-62-21-18-50-43(57)13-9-8-12-42-48-41(32-66-42)54-49(61)55-48/h10-11,14-17,26,31,36-39,41-42,48,52H,8-9,12-13,18-25,27-30,32H2,1-7H3,(H,50,57)(H,51,58)(H2,54,55,61)/b14-10-,16-15+,33-17+,34-11+,35-26+/t36-,37-,38+,39+,41?,42?,48?/m0/s1. The summed E-state index contributed by atoms with van der Waals surface area (Å²) >= 11 is 3.38. The molecule has 16 nitrogen and oxygen atoms in total. The Morgan fingerprint density at radius 2 is 1.67 bits per heavy atom. The maximum Gasteiger partial charge on any atom is 0.331 e. The quantitative estimate of drug-likeness (QED) is 0.0436. The zero-order valence-corrected chi connectivity index (χ0v) is 42.2. The van der Waals surface area contributed by atoms with Crippen molar-refractivity contribution in [2.45, 2.75) is 127 Å². The highest BCUT2D eigenvalue weighted by molar-refractivity contribution is 8.00. The van der Waals surface area contributed by atoms with Crippen LogP contribution in [0.15, 0.2) is 64.6 Å². The lowest BCUT2D eigenvalue weighted by Gasteiger charge is -2.22. The average Bonchev–Trinajstić information content (AvgIpc) is 3.99. The summed E-state index contributed by atoms with van der Waals surface area (Å²) in [7, 11) is 4.05. The first-order chi connectivity index (χ1) is 32.1. The molecule has 18 heteroatoms. The molecule has 0 aliphatic carbocycles. The Morgan fingerprint density at radius 3 is 2.42 bits per heavy atom. The minimum absolute atomic E-state index is 0.00152. The van der Waals surface area contributed by atoms with E-state index in [2.05, 4.69) is 50.6 Å². The number of ether oxygens (including phenoxy) is 4. The second kappa shape index (κ2) is 30.2. The zero-order valence-electron chi connectivity index (χ0n) is 40.6. The summed E-state index contributed by atoms with van der Waals surface area (Å²) in [6.07, 6.45) is 16.8. The average molecular weight is 970 g/mol. The van der Waals surface area contributed by atoms with Crippen molar-refractivity contribution < 1.29 is 42.9 Å². The number of amides is 4. The molecule has 1 aromatic rings. The third-order valence-electron chi connectivity index (χ3n) is 11.3. The van der Waals surface area contributed by atoms with Crippen LogP contribution in [0.2, 0.25) is 0 Å². The Labute approximate surface area is 406 Å². The van der Waals surface area contributed by atoms with E-state index in [1.54, 1.807) is 6.08 Å². The second-order valence-corrected chi connectivity index (χ2v) is 20.1. The zero-order chi connectivity index (χ0) is 48.6. The number of esters is 2. The van der Waals surface area contributed by atoms with Crippen molar-refractivity contribution >= 4 is 52.9 Å². The molecule has 372 valence electrons. The van der Waals surface area contributed by atoms with Crippen LogP contribution in [0.25, 0.3) is 0 Å². The van der Waals surface area contributed by atoms with E-state index in [0.29, 0.717) is 70.5 Å². The van der Waals surface area contributed by atoms with Crippen LogP contribution in [0.1, 0.15) is 96.2 Å². The second-order valence-electron chi connectivity index (χ2n) is 17.9. The van der Waals surface area contributed by atoms with Gasteiger partial charge >= 0.3 is 18.0 Å². The fraction of sp³-hybridized carbons (Fsp3) is 0.633. The Kier molecular flexibility index (Phi) is 24.9. The van der Waals surface area contributed by atoms with Crippen LogP contribution in [0.4, 0.5) is 4.79 Å². The SMILES string of the molecule is CC(/C=C/C(C)=C/[C@@H]1Cc2nc(cs2)[C@@H](C)C[C@@H](NCC(=O)NCCOCCOCCNC(=O)CCCCC2SCC3NC(=O)NC32)CC(=O)O[C@@H](C)C/C(C)=C/C=C\C(=O)O1)=C\CN(C)C. The van der Waals surface area contributed by atoms with Crippen LogP contribution in [-0.4, -0.2) is 148 Å². The lowest BCUT2D eigenvalue weighted by Crippen LogP contribution is -2.42. The Bertz CT molecular complexity index is 1910. The molecule has 7 atom stereocenters. The minimum Gasteiger partial charge on any atom is -0.462 e. The van der Waals surface area contributed by atoms with Gasteiger partial charge in [0.05, 0.1) is 62.2 Å². The van der Waals surface area contributed by atoms with E-state index < -0.39 is 18.2 Å². The number of cyclic esters (lactones) is 2. The summed E-state index contributed by atoms with van der Waals surface area (Å²) in [6.45, 7) is 12.8. The van der Waals surface area contributed by atoms with E-state index in [1.807, 2.05) is 77.2 Å². The molecule has 67 heavy (non-hydrogen) atoms. The van der Waals surface area contributed by atoms with Crippen LogP contribution in [0.5, 0.6) is 0 Å². The van der Waals surface area contributed by atoms with Gasteiger partial charge in [-0.1, -0.05) is 60.4 Å². The van der Waals surface area contributed by atoms with Gasteiger partial charge in [-0.15, -0.1) is 11.3 Å². The number of carbonyl (C=O) groups is 5.